The molecule has 9 nitrogen and oxygen atoms in total. The zero-order chi connectivity index (χ0) is 34.0. The lowest BCUT2D eigenvalue weighted by atomic mass is 9.95. The van der Waals surface area contributed by atoms with E-state index >= 15 is 0 Å². The van der Waals surface area contributed by atoms with Gasteiger partial charge < -0.3 is 19.3 Å². The smallest absolute Gasteiger partial charge is 0.301 e. The number of carbonyl (C=O) groups excluding carboxylic acids is 2. The SMILES string of the molecule is CCCCOc1ccc(C(O)=C2C(=O)C(=O)N(c3nnc(SCc4ccccc4F)s3)C2c2ccc(OCCCC)c(OCC)c2)cc1. The van der Waals surface area contributed by atoms with Gasteiger partial charge in [-0.1, -0.05) is 74.1 Å². The number of halogens is 1. The van der Waals surface area contributed by atoms with Crippen LogP contribution in [-0.4, -0.2) is 46.8 Å². The number of rotatable bonds is 16. The third-order valence-electron chi connectivity index (χ3n) is 7.59. The molecule has 252 valence electrons. The molecule has 3 aromatic carbocycles. The Balaban J connectivity index is 1.54. The van der Waals surface area contributed by atoms with Crippen molar-refractivity contribution >= 4 is 45.7 Å². The van der Waals surface area contributed by atoms with E-state index in [1.807, 2.05) is 6.92 Å². The molecular weight excluding hydrogens is 654 g/mol. The lowest BCUT2D eigenvalue weighted by Gasteiger charge is -2.23. The molecule has 5 rings (SSSR count). The van der Waals surface area contributed by atoms with Crippen molar-refractivity contribution in [2.45, 2.75) is 62.6 Å². The maximum absolute atomic E-state index is 14.2. The first-order chi connectivity index (χ1) is 23.4. The Morgan fingerprint density at radius 2 is 1.65 bits per heavy atom. The maximum Gasteiger partial charge on any atom is 0.301 e. The summed E-state index contributed by atoms with van der Waals surface area (Å²) < 4.78 is 32.4. The molecule has 0 aliphatic carbocycles. The van der Waals surface area contributed by atoms with Gasteiger partial charge in [0.1, 0.15) is 17.3 Å². The number of aromatic nitrogens is 2. The van der Waals surface area contributed by atoms with Crippen molar-refractivity contribution in [3.63, 3.8) is 0 Å². The van der Waals surface area contributed by atoms with Crippen molar-refractivity contribution in [3.05, 3.63) is 94.8 Å². The molecule has 12 heteroatoms. The van der Waals surface area contributed by atoms with Crippen LogP contribution in [0.1, 0.15) is 69.2 Å². The number of unbranched alkanes of at least 4 members (excludes halogenated alkanes) is 2. The second kappa shape index (κ2) is 16.6. The molecule has 1 aliphatic rings. The summed E-state index contributed by atoms with van der Waals surface area (Å²) in [7, 11) is 0. The Labute approximate surface area is 287 Å². The predicted molar refractivity (Wildman–Crippen MR) is 186 cm³/mol. The van der Waals surface area contributed by atoms with Crippen molar-refractivity contribution in [1.82, 2.24) is 10.2 Å². The largest absolute Gasteiger partial charge is 0.507 e. The lowest BCUT2D eigenvalue weighted by molar-refractivity contribution is -0.132. The van der Waals surface area contributed by atoms with Crippen LogP contribution in [0.5, 0.6) is 17.2 Å². The number of anilines is 1. The van der Waals surface area contributed by atoms with Crippen molar-refractivity contribution in [3.8, 4) is 17.2 Å². The van der Waals surface area contributed by atoms with Gasteiger partial charge in [-0.3, -0.25) is 14.5 Å². The van der Waals surface area contributed by atoms with Gasteiger partial charge in [0.2, 0.25) is 5.13 Å². The number of aliphatic hydroxyl groups is 1. The number of aliphatic hydroxyl groups excluding tert-OH is 1. The summed E-state index contributed by atoms with van der Waals surface area (Å²) in [4.78, 5) is 28.8. The topological polar surface area (TPSA) is 111 Å². The fourth-order valence-corrected chi connectivity index (χ4v) is 6.92. The van der Waals surface area contributed by atoms with E-state index in [1.54, 1.807) is 60.7 Å². The van der Waals surface area contributed by atoms with E-state index in [4.69, 9.17) is 14.2 Å². The van der Waals surface area contributed by atoms with E-state index in [9.17, 15) is 19.1 Å². The Morgan fingerprint density at radius 3 is 2.35 bits per heavy atom. The quantitative estimate of drug-likeness (QED) is 0.0310. The van der Waals surface area contributed by atoms with Crippen molar-refractivity contribution in [2.24, 2.45) is 0 Å². The highest BCUT2D eigenvalue weighted by molar-refractivity contribution is 8.00. The van der Waals surface area contributed by atoms with Crippen LogP contribution in [0, 0.1) is 5.82 Å². The summed E-state index contributed by atoms with van der Waals surface area (Å²) in [5.74, 6) is -0.461. The summed E-state index contributed by atoms with van der Waals surface area (Å²) in [6.45, 7) is 7.43. The molecule has 48 heavy (non-hydrogen) atoms. The van der Waals surface area contributed by atoms with Gasteiger partial charge in [0.25, 0.3) is 5.78 Å². The summed E-state index contributed by atoms with van der Waals surface area (Å²) in [6, 6.07) is 17.4. The second-order valence-corrected chi connectivity index (χ2v) is 13.1. The van der Waals surface area contributed by atoms with Crippen molar-refractivity contribution in [1.29, 1.82) is 0 Å². The normalized spacial score (nSPS) is 15.6. The third-order valence-corrected chi connectivity index (χ3v) is 9.69. The van der Waals surface area contributed by atoms with E-state index in [0.717, 1.165) is 37.0 Å². The molecule has 1 unspecified atom stereocenters. The Morgan fingerprint density at radius 1 is 0.917 bits per heavy atom. The number of amides is 1. The van der Waals surface area contributed by atoms with Gasteiger partial charge in [-0.25, -0.2) is 4.39 Å². The summed E-state index contributed by atoms with van der Waals surface area (Å²) in [6.07, 6.45) is 3.73. The molecule has 1 atom stereocenters. The van der Waals surface area contributed by atoms with Crippen LogP contribution in [0.15, 0.2) is 76.6 Å². The lowest BCUT2D eigenvalue weighted by Crippen LogP contribution is -2.29. The van der Waals surface area contributed by atoms with Crippen LogP contribution >= 0.6 is 23.1 Å². The second-order valence-electron chi connectivity index (χ2n) is 11.0. The van der Waals surface area contributed by atoms with Gasteiger partial charge >= 0.3 is 5.91 Å². The highest BCUT2D eigenvalue weighted by Crippen LogP contribution is 2.46. The van der Waals surface area contributed by atoms with Crippen LogP contribution in [-0.2, 0) is 15.3 Å². The molecule has 0 saturated carbocycles. The minimum absolute atomic E-state index is 0.0995. The van der Waals surface area contributed by atoms with Crippen molar-refractivity contribution < 1.29 is 33.3 Å². The Hall–Kier alpha value is -4.42. The highest BCUT2D eigenvalue weighted by atomic mass is 32.2. The van der Waals surface area contributed by atoms with Gasteiger partial charge in [0, 0.05) is 11.3 Å². The average molecular weight is 692 g/mol. The van der Waals surface area contributed by atoms with Crippen LogP contribution in [0.3, 0.4) is 0 Å². The molecular formula is C36H38FN3O6S2. The number of hydrogen-bond acceptors (Lipinski definition) is 10. The van der Waals surface area contributed by atoms with Crippen LogP contribution in [0.2, 0.25) is 0 Å². The van der Waals surface area contributed by atoms with E-state index in [-0.39, 0.29) is 22.3 Å². The van der Waals surface area contributed by atoms with E-state index < -0.39 is 17.7 Å². The number of Topliss-reactive ketones (excluding diaryl/α,β-unsaturated/α-hetero) is 1. The van der Waals surface area contributed by atoms with Crippen molar-refractivity contribution in [2.75, 3.05) is 24.7 Å². The minimum atomic E-state index is -1.05. The summed E-state index contributed by atoms with van der Waals surface area (Å²) >= 11 is 2.38. The van der Waals surface area contributed by atoms with Crippen LogP contribution < -0.4 is 19.1 Å². The molecule has 0 bridgehead atoms. The fraction of sp³-hybridized carbons (Fsp3) is 0.333. The average Bonchev–Trinajstić information content (AvgIpc) is 3.66. The molecule has 1 saturated heterocycles. The van der Waals surface area contributed by atoms with E-state index in [2.05, 4.69) is 24.0 Å². The number of benzene rings is 3. The monoisotopic (exact) mass is 691 g/mol. The number of ketones is 1. The predicted octanol–water partition coefficient (Wildman–Crippen LogP) is 8.35. The number of hydrogen-bond donors (Lipinski definition) is 1. The molecule has 1 aromatic heterocycles. The van der Waals surface area contributed by atoms with Gasteiger partial charge in [-0.05, 0) is 73.4 Å². The number of carbonyl (C=O) groups is 2. The zero-order valence-corrected chi connectivity index (χ0v) is 28.7. The first-order valence-corrected chi connectivity index (χ1v) is 17.8. The maximum atomic E-state index is 14.2. The zero-order valence-electron chi connectivity index (χ0n) is 27.1. The van der Waals surface area contributed by atoms with Crippen LogP contribution in [0.25, 0.3) is 5.76 Å². The molecule has 0 spiro atoms. The first kappa shape index (κ1) is 34.9. The Kier molecular flexibility index (Phi) is 12.1. The molecule has 0 radical (unpaired) electrons. The van der Waals surface area contributed by atoms with Crippen LogP contribution in [0.4, 0.5) is 9.52 Å². The standard InChI is InChI=1S/C36H38FN3O6S2/c1-4-7-19-45-26-16-13-23(14-17-26)32(41)30-31(24-15-18-28(46-20-8-5-2)29(21-24)44-6-3)40(34(43)33(30)42)35-38-39-36(48-35)47-22-25-11-9-10-12-27(25)37/h9-18,21,31,41H,4-8,19-20,22H2,1-3H3. The van der Waals surface area contributed by atoms with Gasteiger partial charge in [0.15, 0.2) is 15.8 Å². The van der Waals surface area contributed by atoms with Gasteiger partial charge in [0.05, 0.1) is 31.4 Å². The number of ether oxygens (including phenoxy) is 3. The van der Waals surface area contributed by atoms with E-state index in [1.165, 1.54) is 22.7 Å². The molecule has 1 amide bonds. The third kappa shape index (κ3) is 7.99. The minimum Gasteiger partial charge on any atom is -0.507 e. The molecule has 1 N–H and O–H groups in total. The Bertz CT molecular complexity index is 1760. The molecule has 1 aliphatic heterocycles. The number of nitrogens with zero attached hydrogens (tertiary/aromatic N) is 3. The molecule has 4 aromatic rings. The van der Waals surface area contributed by atoms with Gasteiger partial charge in [-0.2, -0.15) is 0 Å². The van der Waals surface area contributed by atoms with E-state index in [0.29, 0.717) is 63.9 Å². The fourth-order valence-electron chi connectivity index (χ4n) is 5.07. The first-order valence-electron chi connectivity index (χ1n) is 16.0. The molecule has 2 heterocycles. The highest BCUT2D eigenvalue weighted by Gasteiger charge is 2.48. The van der Waals surface area contributed by atoms with Gasteiger partial charge in [-0.15, -0.1) is 10.2 Å². The summed E-state index contributed by atoms with van der Waals surface area (Å²) in [5.41, 5.74) is 1.27. The molecule has 1 fully saturated rings. The summed E-state index contributed by atoms with van der Waals surface area (Å²) in [5, 5.41) is 20.3. The number of thioether (sulfide) groups is 1.